The van der Waals surface area contributed by atoms with Crippen LogP contribution in [0.25, 0.3) is 21.9 Å². The highest BCUT2D eigenvalue weighted by Crippen LogP contribution is 2.18. The highest BCUT2D eigenvalue weighted by Gasteiger charge is 2.06. The lowest BCUT2D eigenvalue weighted by Crippen LogP contribution is -1.86. The SMILES string of the molecule is O=[N+]([O-])O.O=[N+]([O-])c1ccc2[nH]cnc2c1.O=[N+]([O-])c1ccc2[nH]ncc2c1. The number of aromatic nitrogens is 4. The van der Waals surface area contributed by atoms with Crippen LogP contribution in [-0.2, 0) is 0 Å². The molecule has 2 aromatic carbocycles. The third-order valence-corrected chi connectivity index (χ3v) is 3.25. The zero-order valence-corrected chi connectivity index (χ0v) is 13.8. The molecule has 28 heavy (non-hydrogen) atoms. The van der Waals surface area contributed by atoms with Crippen molar-refractivity contribution in [3.05, 3.63) is 79.3 Å². The van der Waals surface area contributed by atoms with Crippen molar-refractivity contribution in [2.45, 2.75) is 0 Å². The highest BCUT2D eigenvalue weighted by molar-refractivity contribution is 5.80. The van der Waals surface area contributed by atoms with Crippen LogP contribution < -0.4 is 0 Å². The lowest BCUT2D eigenvalue weighted by atomic mass is 10.2. The standard InChI is InChI=1S/2C7H5N3O2.HNO3/c11-10(12)6-1-2-7-5(3-6)4-8-9-7;11-10(12)5-1-2-6-7(3-5)9-4-8-6;2-1(3)4/h2*1-4H,(H,8,9);(H,2,3,4). The Morgan fingerprint density at radius 2 is 1.46 bits per heavy atom. The maximum Gasteiger partial charge on any atom is 0.291 e. The summed E-state index contributed by atoms with van der Waals surface area (Å²) in [5, 5.41) is 41.5. The van der Waals surface area contributed by atoms with Crippen molar-refractivity contribution in [2.24, 2.45) is 0 Å². The third kappa shape index (κ3) is 5.19. The summed E-state index contributed by atoms with van der Waals surface area (Å²) >= 11 is 0. The van der Waals surface area contributed by atoms with Crippen LogP contribution in [0, 0.1) is 30.3 Å². The number of aromatic amines is 2. The Morgan fingerprint density at radius 3 is 2.07 bits per heavy atom. The Hall–Kier alpha value is -4.62. The fraction of sp³-hybridized carbons (Fsp3) is 0. The number of benzene rings is 2. The van der Waals surface area contributed by atoms with Gasteiger partial charge in [0.15, 0.2) is 0 Å². The van der Waals surface area contributed by atoms with E-state index in [4.69, 9.17) is 15.3 Å². The van der Waals surface area contributed by atoms with Gasteiger partial charge in [0.25, 0.3) is 16.5 Å². The predicted octanol–water partition coefficient (Wildman–Crippen LogP) is 2.59. The van der Waals surface area contributed by atoms with Gasteiger partial charge in [-0.05, 0) is 12.1 Å². The number of nitrogens with one attached hydrogen (secondary N) is 2. The number of nitro groups is 2. The average Bonchev–Trinajstić information content (AvgIpc) is 3.29. The van der Waals surface area contributed by atoms with E-state index in [2.05, 4.69) is 20.2 Å². The molecule has 14 heteroatoms. The number of hydrogen-bond donors (Lipinski definition) is 3. The summed E-state index contributed by atoms with van der Waals surface area (Å²) in [6.45, 7) is 0. The zero-order chi connectivity index (χ0) is 20.7. The van der Waals surface area contributed by atoms with Crippen LogP contribution in [-0.4, -0.2) is 40.3 Å². The molecule has 0 atom stereocenters. The van der Waals surface area contributed by atoms with E-state index in [1.165, 1.54) is 30.6 Å². The van der Waals surface area contributed by atoms with Crippen molar-refractivity contribution >= 4 is 33.3 Å². The molecule has 0 aliphatic carbocycles. The summed E-state index contributed by atoms with van der Waals surface area (Å²) < 4.78 is 0. The van der Waals surface area contributed by atoms with Gasteiger partial charge in [-0.3, -0.25) is 25.3 Å². The second-order valence-corrected chi connectivity index (χ2v) is 5.00. The minimum Gasteiger partial charge on any atom is -0.345 e. The quantitative estimate of drug-likeness (QED) is 0.339. The van der Waals surface area contributed by atoms with E-state index in [-0.39, 0.29) is 11.4 Å². The molecule has 2 heterocycles. The molecule has 3 N–H and O–H groups in total. The van der Waals surface area contributed by atoms with Crippen LogP contribution in [0.4, 0.5) is 11.4 Å². The molecule has 4 rings (SSSR count). The Kier molecular flexibility index (Phi) is 6.09. The van der Waals surface area contributed by atoms with Crippen molar-refractivity contribution in [3.63, 3.8) is 0 Å². The first-order valence-electron chi connectivity index (χ1n) is 7.26. The molecule has 0 bridgehead atoms. The number of nitro benzene ring substituents is 2. The van der Waals surface area contributed by atoms with Crippen molar-refractivity contribution in [1.29, 1.82) is 0 Å². The second kappa shape index (κ2) is 8.65. The van der Waals surface area contributed by atoms with E-state index < -0.39 is 14.9 Å². The number of H-pyrrole nitrogens is 2. The molecule has 0 radical (unpaired) electrons. The first kappa shape index (κ1) is 19.7. The lowest BCUT2D eigenvalue weighted by Gasteiger charge is -1.89. The number of hydrogen-bond acceptors (Lipinski definition) is 8. The first-order chi connectivity index (χ1) is 13.3. The Morgan fingerprint density at radius 1 is 0.893 bits per heavy atom. The smallest absolute Gasteiger partial charge is 0.291 e. The monoisotopic (exact) mass is 389 g/mol. The van der Waals surface area contributed by atoms with Gasteiger partial charge in [0, 0.05) is 29.7 Å². The number of non-ortho nitro benzene ring substituents is 2. The van der Waals surface area contributed by atoms with Crippen LogP contribution >= 0.6 is 0 Å². The van der Waals surface area contributed by atoms with E-state index >= 15 is 0 Å². The minimum atomic E-state index is -1.50. The molecule has 2 aromatic heterocycles. The molecule has 144 valence electrons. The molecule has 0 unspecified atom stereocenters. The van der Waals surface area contributed by atoms with Crippen LogP contribution in [0.15, 0.2) is 48.9 Å². The predicted molar refractivity (Wildman–Crippen MR) is 94.3 cm³/mol. The van der Waals surface area contributed by atoms with Crippen molar-refractivity contribution < 1.29 is 20.1 Å². The van der Waals surface area contributed by atoms with E-state index in [9.17, 15) is 20.2 Å². The summed E-state index contributed by atoms with van der Waals surface area (Å²) in [6.07, 6.45) is 3.07. The van der Waals surface area contributed by atoms with Crippen LogP contribution in [0.5, 0.6) is 0 Å². The fourth-order valence-corrected chi connectivity index (χ4v) is 2.08. The van der Waals surface area contributed by atoms with Crippen molar-refractivity contribution in [1.82, 2.24) is 20.2 Å². The maximum atomic E-state index is 10.3. The first-order valence-corrected chi connectivity index (χ1v) is 7.26. The summed E-state index contributed by atoms with van der Waals surface area (Å²) in [5.41, 5.74) is 2.38. The molecule has 0 saturated heterocycles. The number of rotatable bonds is 2. The Balaban J connectivity index is 0.000000169. The van der Waals surface area contributed by atoms with E-state index in [0.29, 0.717) is 5.52 Å². The summed E-state index contributed by atoms with van der Waals surface area (Å²) in [4.78, 5) is 34.9. The van der Waals surface area contributed by atoms with Gasteiger partial charge in [-0.2, -0.15) is 5.10 Å². The van der Waals surface area contributed by atoms with Gasteiger partial charge < -0.3 is 10.2 Å². The molecule has 0 saturated carbocycles. The second-order valence-electron chi connectivity index (χ2n) is 5.00. The van der Waals surface area contributed by atoms with Gasteiger partial charge >= 0.3 is 0 Å². The van der Waals surface area contributed by atoms with Gasteiger partial charge in [-0.15, -0.1) is 10.1 Å². The van der Waals surface area contributed by atoms with Gasteiger partial charge in [-0.25, -0.2) is 4.98 Å². The summed E-state index contributed by atoms with van der Waals surface area (Å²) in [5.74, 6) is 0. The van der Waals surface area contributed by atoms with Gasteiger partial charge in [-0.1, -0.05) is 0 Å². The molecule has 4 aromatic rings. The molecule has 14 nitrogen and oxygen atoms in total. The third-order valence-electron chi connectivity index (χ3n) is 3.25. The van der Waals surface area contributed by atoms with Gasteiger partial charge in [0.2, 0.25) is 0 Å². The zero-order valence-electron chi connectivity index (χ0n) is 13.8. The van der Waals surface area contributed by atoms with Crippen LogP contribution in [0.3, 0.4) is 0 Å². The maximum absolute atomic E-state index is 10.3. The molecule has 0 spiro atoms. The van der Waals surface area contributed by atoms with Crippen molar-refractivity contribution in [3.8, 4) is 0 Å². The Labute approximate surface area is 153 Å². The highest BCUT2D eigenvalue weighted by atomic mass is 16.9. The largest absolute Gasteiger partial charge is 0.345 e. The Bertz CT molecular complexity index is 1050. The number of imidazole rings is 1. The molecular formula is C14H11N7O7. The van der Waals surface area contributed by atoms with E-state index in [0.717, 1.165) is 16.4 Å². The number of nitrogens with zero attached hydrogens (tertiary/aromatic N) is 5. The van der Waals surface area contributed by atoms with Crippen LogP contribution in [0.1, 0.15) is 0 Å². The van der Waals surface area contributed by atoms with Gasteiger partial charge in [0.05, 0.1) is 38.9 Å². The molecular weight excluding hydrogens is 378 g/mol. The van der Waals surface area contributed by atoms with Crippen LogP contribution in [0.2, 0.25) is 0 Å². The summed E-state index contributed by atoms with van der Waals surface area (Å²) in [6, 6.07) is 9.09. The molecule has 0 aliphatic heterocycles. The topological polar surface area (TPSA) is 207 Å². The van der Waals surface area contributed by atoms with E-state index in [1.54, 1.807) is 18.3 Å². The van der Waals surface area contributed by atoms with E-state index in [1.807, 2.05) is 0 Å². The van der Waals surface area contributed by atoms with Gasteiger partial charge in [0.1, 0.15) is 0 Å². The normalized spacial score (nSPS) is 9.71. The fourth-order valence-electron chi connectivity index (χ4n) is 2.08. The minimum absolute atomic E-state index is 0.0644. The lowest BCUT2D eigenvalue weighted by molar-refractivity contribution is -0.742. The molecule has 0 amide bonds. The van der Waals surface area contributed by atoms with Crippen molar-refractivity contribution in [2.75, 3.05) is 0 Å². The number of fused-ring (bicyclic) bond motifs is 2. The molecule has 0 fully saturated rings. The summed E-state index contributed by atoms with van der Waals surface area (Å²) in [7, 11) is 0. The molecule has 0 aliphatic rings. The average molecular weight is 389 g/mol.